The van der Waals surface area contributed by atoms with Crippen LogP contribution in [0.5, 0.6) is 5.75 Å². The van der Waals surface area contributed by atoms with Gasteiger partial charge in [-0.3, -0.25) is 4.79 Å². The zero-order valence-corrected chi connectivity index (χ0v) is 24.5. The SMILES string of the molecule is CCC/C=C\C/C=C\CCCCCCCc1cc(OCC(=O)C(C)CC)ccc1N=Nc1ccc(C(=O)O)cc1. The lowest BCUT2D eigenvalue weighted by molar-refractivity contribution is -0.124. The van der Waals surface area contributed by atoms with Gasteiger partial charge in [0.15, 0.2) is 5.78 Å². The number of carbonyl (C=O) groups excluding carboxylic acids is 1. The molecule has 2 aromatic carbocycles. The van der Waals surface area contributed by atoms with Gasteiger partial charge in [-0.2, -0.15) is 10.2 Å². The first-order valence-electron chi connectivity index (χ1n) is 14.8. The molecule has 1 unspecified atom stereocenters. The van der Waals surface area contributed by atoms with Crippen molar-refractivity contribution in [1.29, 1.82) is 0 Å². The minimum atomic E-state index is -0.972. The van der Waals surface area contributed by atoms with Crippen LogP contribution in [0.25, 0.3) is 0 Å². The average molecular weight is 547 g/mol. The van der Waals surface area contributed by atoms with Gasteiger partial charge >= 0.3 is 5.97 Å². The summed E-state index contributed by atoms with van der Waals surface area (Å²) in [5.74, 6) is -0.230. The van der Waals surface area contributed by atoms with E-state index in [1.807, 2.05) is 32.0 Å². The number of ether oxygens (including phenoxy) is 1. The van der Waals surface area contributed by atoms with Gasteiger partial charge in [-0.25, -0.2) is 4.79 Å². The summed E-state index contributed by atoms with van der Waals surface area (Å²) in [5.41, 5.74) is 2.57. The summed E-state index contributed by atoms with van der Waals surface area (Å²) in [5, 5.41) is 17.9. The largest absolute Gasteiger partial charge is 0.486 e. The number of rotatable bonds is 20. The van der Waals surface area contributed by atoms with E-state index in [9.17, 15) is 9.59 Å². The Balaban J connectivity index is 1.92. The van der Waals surface area contributed by atoms with Crippen LogP contribution >= 0.6 is 0 Å². The van der Waals surface area contributed by atoms with Crippen LogP contribution in [0.3, 0.4) is 0 Å². The molecule has 0 spiro atoms. The number of azo groups is 1. The molecule has 1 N–H and O–H groups in total. The van der Waals surface area contributed by atoms with Gasteiger partial charge in [0.2, 0.25) is 0 Å². The Hall–Kier alpha value is -3.54. The monoisotopic (exact) mass is 546 g/mol. The van der Waals surface area contributed by atoms with Gasteiger partial charge in [0.1, 0.15) is 12.4 Å². The normalized spacial score (nSPS) is 12.5. The molecule has 0 amide bonds. The van der Waals surface area contributed by atoms with Crippen LogP contribution in [-0.4, -0.2) is 23.5 Å². The third-order valence-electron chi connectivity index (χ3n) is 6.86. The van der Waals surface area contributed by atoms with Crippen molar-refractivity contribution in [1.82, 2.24) is 0 Å². The number of carboxylic acid groups (broad SMARTS) is 1. The van der Waals surface area contributed by atoms with E-state index in [4.69, 9.17) is 9.84 Å². The maximum Gasteiger partial charge on any atom is 0.335 e. The number of nitrogens with zero attached hydrogens (tertiary/aromatic N) is 2. The molecule has 0 saturated heterocycles. The zero-order chi connectivity index (χ0) is 29.0. The number of carbonyl (C=O) groups is 2. The summed E-state index contributed by atoms with van der Waals surface area (Å²) in [6, 6.07) is 12.0. The summed E-state index contributed by atoms with van der Waals surface area (Å²) >= 11 is 0. The van der Waals surface area contributed by atoms with Crippen molar-refractivity contribution in [3.05, 3.63) is 77.9 Å². The van der Waals surface area contributed by atoms with Gasteiger partial charge < -0.3 is 9.84 Å². The highest BCUT2D eigenvalue weighted by atomic mass is 16.5. The highest BCUT2D eigenvalue weighted by molar-refractivity contribution is 5.87. The molecule has 216 valence electrons. The molecule has 0 bridgehead atoms. The number of allylic oxidation sites excluding steroid dienone is 4. The van der Waals surface area contributed by atoms with Crippen molar-refractivity contribution in [3.63, 3.8) is 0 Å². The maximum atomic E-state index is 12.2. The Kier molecular flexibility index (Phi) is 15.9. The molecule has 0 aromatic heterocycles. The second-order valence-corrected chi connectivity index (χ2v) is 10.2. The highest BCUT2D eigenvalue weighted by Gasteiger charge is 2.12. The van der Waals surface area contributed by atoms with Crippen molar-refractivity contribution >= 4 is 23.1 Å². The molecule has 0 aliphatic rings. The molecule has 0 saturated carbocycles. The van der Waals surface area contributed by atoms with E-state index in [-0.39, 0.29) is 23.9 Å². The lowest BCUT2D eigenvalue weighted by atomic mass is 10.0. The molecular formula is C34H46N2O4. The number of hydrogen-bond donors (Lipinski definition) is 1. The topological polar surface area (TPSA) is 88.3 Å². The fourth-order valence-corrected chi connectivity index (χ4v) is 4.04. The first-order chi connectivity index (χ1) is 19.4. The van der Waals surface area contributed by atoms with E-state index >= 15 is 0 Å². The molecule has 0 radical (unpaired) electrons. The van der Waals surface area contributed by atoms with Crippen molar-refractivity contribution < 1.29 is 19.4 Å². The van der Waals surface area contributed by atoms with E-state index in [0.717, 1.165) is 56.2 Å². The molecule has 2 rings (SSSR count). The number of unbranched alkanes of at least 4 members (excludes halogenated alkanes) is 6. The van der Waals surface area contributed by atoms with Gasteiger partial charge in [-0.1, -0.05) is 70.8 Å². The minimum absolute atomic E-state index is 0.0156. The number of ketones is 1. The number of carboxylic acids is 1. The van der Waals surface area contributed by atoms with E-state index in [0.29, 0.717) is 11.4 Å². The van der Waals surface area contributed by atoms with Crippen LogP contribution < -0.4 is 4.74 Å². The Morgan fingerprint density at radius 3 is 2.27 bits per heavy atom. The molecule has 0 aliphatic carbocycles. The van der Waals surface area contributed by atoms with E-state index in [1.54, 1.807) is 12.1 Å². The number of Topliss-reactive ketones (excluding diaryl/α,β-unsaturated/α-hetero) is 1. The van der Waals surface area contributed by atoms with Crippen molar-refractivity contribution in [3.8, 4) is 5.75 Å². The first-order valence-corrected chi connectivity index (χ1v) is 14.8. The van der Waals surface area contributed by atoms with Crippen LogP contribution in [0.1, 0.15) is 101 Å². The van der Waals surface area contributed by atoms with Gasteiger partial charge in [-0.05, 0) is 93.0 Å². The Bertz CT molecular complexity index is 1120. The van der Waals surface area contributed by atoms with Crippen molar-refractivity contribution in [2.45, 2.75) is 91.4 Å². The third-order valence-corrected chi connectivity index (χ3v) is 6.86. The Morgan fingerprint density at radius 1 is 0.875 bits per heavy atom. The molecule has 6 heteroatoms. The van der Waals surface area contributed by atoms with Crippen LogP contribution in [0, 0.1) is 5.92 Å². The molecule has 0 heterocycles. The molecule has 2 aromatic rings. The van der Waals surface area contributed by atoms with Gasteiger partial charge in [0, 0.05) is 5.92 Å². The predicted octanol–water partition coefficient (Wildman–Crippen LogP) is 9.98. The second-order valence-electron chi connectivity index (χ2n) is 10.2. The van der Waals surface area contributed by atoms with Crippen molar-refractivity contribution in [2.75, 3.05) is 6.61 Å². The number of hydrogen-bond acceptors (Lipinski definition) is 5. The smallest absolute Gasteiger partial charge is 0.335 e. The zero-order valence-electron chi connectivity index (χ0n) is 24.5. The van der Waals surface area contributed by atoms with E-state index in [1.165, 1.54) is 37.8 Å². The van der Waals surface area contributed by atoms with Crippen LogP contribution in [0.2, 0.25) is 0 Å². The van der Waals surface area contributed by atoms with Crippen LogP contribution in [0.4, 0.5) is 11.4 Å². The summed E-state index contributed by atoms with van der Waals surface area (Å²) in [6.45, 7) is 6.18. The molecule has 1 atom stereocenters. The molecule has 0 aliphatic heterocycles. The van der Waals surface area contributed by atoms with Crippen LogP contribution in [-0.2, 0) is 11.2 Å². The molecule has 40 heavy (non-hydrogen) atoms. The quantitative estimate of drug-likeness (QED) is 0.102. The average Bonchev–Trinajstić information content (AvgIpc) is 2.97. The minimum Gasteiger partial charge on any atom is -0.486 e. The standard InChI is InChI=1S/C34H46N2O4/c1-4-6-7-8-9-10-11-12-13-14-15-16-17-18-29-25-31(40-26-33(37)27(3)5-2)23-24-32(29)36-35-30-21-19-28(20-22-30)34(38)39/h7-8,10-11,19-25,27H,4-6,9,12-18,26H2,1-3H3,(H,38,39)/b8-7-,11-10-,36-35?. The number of aromatic carboxylic acids is 1. The Labute approximate surface area is 240 Å². The first kappa shape index (κ1) is 32.7. The number of aryl methyl sites for hydroxylation is 1. The summed E-state index contributed by atoms with van der Waals surface area (Å²) < 4.78 is 5.82. The lowest BCUT2D eigenvalue weighted by Crippen LogP contribution is -2.18. The summed E-state index contributed by atoms with van der Waals surface area (Å²) in [7, 11) is 0. The summed E-state index contributed by atoms with van der Waals surface area (Å²) in [6.07, 6.45) is 21.0. The molecule has 0 fully saturated rings. The molecular weight excluding hydrogens is 500 g/mol. The maximum absolute atomic E-state index is 12.2. The van der Waals surface area contributed by atoms with Crippen molar-refractivity contribution in [2.24, 2.45) is 16.1 Å². The molecule has 6 nitrogen and oxygen atoms in total. The third kappa shape index (κ3) is 13.0. The number of benzene rings is 2. The second kappa shape index (κ2) is 19.5. The van der Waals surface area contributed by atoms with Gasteiger partial charge in [0.05, 0.1) is 16.9 Å². The van der Waals surface area contributed by atoms with Crippen LogP contribution in [0.15, 0.2) is 77.0 Å². The Morgan fingerprint density at radius 2 is 1.57 bits per heavy atom. The van der Waals surface area contributed by atoms with E-state index < -0.39 is 5.97 Å². The fraction of sp³-hybridized carbons (Fsp3) is 0.471. The predicted molar refractivity (Wildman–Crippen MR) is 163 cm³/mol. The van der Waals surface area contributed by atoms with Gasteiger partial charge in [-0.15, -0.1) is 0 Å². The van der Waals surface area contributed by atoms with Gasteiger partial charge in [0.25, 0.3) is 0 Å². The van der Waals surface area contributed by atoms with E-state index in [2.05, 4.69) is 41.5 Å². The highest BCUT2D eigenvalue weighted by Crippen LogP contribution is 2.29. The lowest BCUT2D eigenvalue weighted by Gasteiger charge is -2.12. The fourth-order valence-electron chi connectivity index (χ4n) is 4.04. The summed E-state index contributed by atoms with van der Waals surface area (Å²) in [4.78, 5) is 23.3.